The fourth-order valence-electron chi connectivity index (χ4n) is 1.25. The van der Waals surface area contributed by atoms with Crippen LogP contribution in [0.25, 0.3) is 0 Å². The van der Waals surface area contributed by atoms with Gasteiger partial charge in [0.2, 0.25) is 0 Å². The van der Waals surface area contributed by atoms with Gasteiger partial charge in [-0.3, -0.25) is 9.67 Å². The Balaban J connectivity index is 2.34. The van der Waals surface area contributed by atoms with Crippen molar-refractivity contribution in [3.63, 3.8) is 0 Å². The second-order valence-electron chi connectivity index (χ2n) is 3.07. The lowest BCUT2D eigenvalue weighted by Crippen LogP contribution is -2.17. The first-order valence-electron chi connectivity index (χ1n) is 4.29. The molecular formula is C9H8FN3OS. The average molecular weight is 225 g/mol. The van der Waals surface area contributed by atoms with E-state index < -0.39 is 0 Å². The molecule has 0 radical (unpaired) electrons. The third kappa shape index (κ3) is 2.04. The molecule has 1 aromatic carbocycles. The summed E-state index contributed by atoms with van der Waals surface area (Å²) in [5.74, 6) is -0.301. The van der Waals surface area contributed by atoms with Gasteiger partial charge in [0.15, 0.2) is 4.77 Å². The molecule has 2 N–H and O–H groups in total. The highest BCUT2D eigenvalue weighted by Gasteiger charge is 2.01. The van der Waals surface area contributed by atoms with E-state index in [0.29, 0.717) is 11.3 Å². The number of hydrogen-bond donors (Lipinski definition) is 2. The van der Waals surface area contributed by atoms with Gasteiger partial charge in [-0.1, -0.05) is 12.1 Å². The summed E-state index contributed by atoms with van der Waals surface area (Å²) in [6.07, 6.45) is 0. The second kappa shape index (κ2) is 3.82. The van der Waals surface area contributed by atoms with Crippen molar-refractivity contribution in [1.29, 1.82) is 0 Å². The van der Waals surface area contributed by atoms with Crippen molar-refractivity contribution in [1.82, 2.24) is 14.8 Å². The average Bonchev–Trinajstić information content (AvgIpc) is 2.53. The van der Waals surface area contributed by atoms with Crippen molar-refractivity contribution in [2.75, 3.05) is 0 Å². The van der Waals surface area contributed by atoms with Crippen LogP contribution in [0.5, 0.6) is 0 Å². The molecule has 2 rings (SSSR count). The highest BCUT2D eigenvalue weighted by atomic mass is 32.1. The van der Waals surface area contributed by atoms with Crippen LogP contribution in [0.15, 0.2) is 29.1 Å². The van der Waals surface area contributed by atoms with Gasteiger partial charge in [0.1, 0.15) is 5.82 Å². The van der Waals surface area contributed by atoms with Gasteiger partial charge in [-0.2, -0.15) is 0 Å². The highest BCUT2D eigenvalue weighted by molar-refractivity contribution is 7.71. The number of hydrogen-bond acceptors (Lipinski definition) is 2. The number of rotatable bonds is 2. The molecule has 1 aromatic heterocycles. The molecule has 0 atom stereocenters. The number of benzene rings is 1. The first-order valence-corrected chi connectivity index (χ1v) is 4.69. The molecule has 0 saturated carbocycles. The van der Waals surface area contributed by atoms with E-state index in [1.165, 1.54) is 16.7 Å². The Kier molecular flexibility index (Phi) is 2.51. The Bertz CT molecular complexity index is 539. The molecule has 4 nitrogen and oxygen atoms in total. The van der Waals surface area contributed by atoms with Gasteiger partial charge >= 0.3 is 5.69 Å². The summed E-state index contributed by atoms with van der Waals surface area (Å²) in [4.78, 5) is 11.2. The molecule has 1 heterocycles. The van der Waals surface area contributed by atoms with E-state index >= 15 is 0 Å². The van der Waals surface area contributed by atoms with E-state index in [2.05, 4.69) is 10.2 Å². The molecule has 78 valence electrons. The number of nitrogens with one attached hydrogen (secondary N) is 2. The molecule has 0 unspecified atom stereocenters. The Morgan fingerprint density at radius 1 is 1.27 bits per heavy atom. The van der Waals surface area contributed by atoms with E-state index in [9.17, 15) is 9.18 Å². The SMILES string of the molecule is O=c1[nH][nH]c(=S)n1Cc1ccc(F)cc1. The summed E-state index contributed by atoms with van der Waals surface area (Å²) in [5.41, 5.74) is 0.516. The molecule has 0 bridgehead atoms. The first-order chi connectivity index (χ1) is 7.16. The van der Waals surface area contributed by atoms with Crippen molar-refractivity contribution in [3.05, 3.63) is 50.9 Å². The van der Waals surface area contributed by atoms with Crippen LogP contribution in [0, 0.1) is 10.6 Å². The molecule has 6 heteroatoms. The summed E-state index contributed by atoms with van der Waals surface area (Å²) in [6.45, 7) is 0.331. The van der Waals surface area contributed by atoms with Crippen LogP contribution < -0.4 is 5.69 Å². The highest BCUT2D eigenvalue weighted by Crippen LogP contribution is 2.03. The number of halogens is 1. The Labute approximate surface area is 89.4 Å². The monoisotopic (exact) mass is 225 g/mol. The van der Waals surface area contributed by atoms with E-state index in [1.807, 2.05) is 0 Å². The lowest BCUT2D eigenvalue weighted by molar-refractivity contribution is 0.626. The predicted octanol–water partition coefficient (Wildman–Crippen LogP) is 1.42. The smallest absolute Gasteiger partial charge is 0.272 e. The molecule has 0 aliphatic carbocycles. The van der Waals surface area contributed by atoms with Crippen molar-refractivity contribution in [2.45, 2.75) is 6.54 Å². The van der Waals surface area contributed by atoms with Gasteiger partial charge in [0, 0.05) is 0 Å². The zero-order valence-electron chi connectivity index (χ0n) is 7.66. The Morgan fingerprint density at radius 3 is 2.47 bits per heavy atom. The van der Waals surface area contributed by atoms with Crippen molar-refractivity contribution >= 4 is 12.2 Å². The van der Waals surface area contributed by atoms with Crippen LogP contribution >= 0.6 is 12.2 Å². The van der Waals surface area contributed by atoms with Gasteiger partial charge in [0.05, 0.1) is 6.54 Å². The number of aromatic amines is 2. The van der Waals surface area contributed by atoms with Crippen LogP contribution in [0.2, 0.25) is 0 Å². The standard InChI is InChI=1S/C9H8FN3OS/c10-7-3-1-6(2-4-7)5-13-8(14)11-12-9(13)15/h1-4H,5H2,(H,11,14)(H,12,15). The van der Waals surface area contributed by atoms with Gasteiger partial charge in [0.25, 0.3) is 0 Å². The van der Waals surface area contributed by atoms with Crippen LogP contribution in [0.3, 0.4) is 0 Å². The molecule has 0 aliphatic heterocycles. The first kappa shape index (κ1) is 9.85. The number of aromatic nitrogens is 3. The van der Waals surface area contributed by atoms with Crippen molar-refractivity contribution in [3.8, 4) is 0 Å². The minimum absolute atomic E-state index is 0.301. The summed E-state index contributed by atoms with van der Waals surface area (Å²) in [7, 11) is 0. The number of H-pyrrole nitrogens is 2. The molecule has 0 amide bonds. The zero-order chi connectivity index (χ0) is 10.8. The Hall–Kier alpha value is -1.69. The third-order valence-electron chi connectivity index (χ3n) is 2.02. The van der Waals surface area contributed by atoms with E-state index in [0.717, 1.165) is 5.56 Å². The summed E-state index contributed by atoms with van der Waals surface area (Å²) >= 11 is 4.90. The van der Waals surface area contributed by atoms with Crippen LogP contribution in [-0.4, -0.2) is 14.8 Å². The molecule has 0 aliphatic rings. The van der Waals surface area contributed by atoms with Gasteiger partial charge in [-0.05, 0) is 29.9 Å². The summed E-state index contributed by atoms with van der Waals surface area (Å²) in [5, 5.41) is 4.91. The predicted molar refractivity (Wildman–Crippen MR) is 55.7 cm³/mol. The molecule has 0 spiro atoms. The van der Waals surface area contributed by atoms with Crippen LogP contribution in [0.1, 0.15) is 5.56 Å². The lowest BCUT2D eigenvalue weighted by Gasteiger charge is -2.00. The van der Waals surface area contributed by atoms with Gasteiger partial charge < -0.3 is 0 Å². The number of nitrogens with zero attached hydrogens (tertiary/aromatic N) is 1. The van der Waals surface area contributed by atoms with E-state index in [1.54, 1.807) is 12.1 Å². The summed E-state index contributed by atoms with van der Waals surface area (Å²) < 4.78 is 14.3. The Morgan fingerprint density at radius 2 is 1.93 bits per heavy atom. The van der Waals surface area contributed by atoms with E-state index in [4.69, 9.17) is 12.2 Å². The molecule has 15 heavy (non-hydrogen) atoms. The van der Waals surface area contributed by atoms with Crippen molar-refractivity contribution < 1.29 is 4.39 Å². The topological polar surface area (TPSA) is 53.6 Å². The third-order valence-corrected chi connectivity index (χ3v) is 2.34. The summed E-state index contributed by atoms with van der Waals surface area (Å²) in [6, 6.07) is 5.92. The largest absolute Gasteiger partial charge is 0.342 e. The fourth-order valence-corrected chi connectivity index (χ4v) is 1.45. The van der Waals surface area contributed by atoms with Gasteiger partial charge in [-0.25, -0.2) is 14.3 Å². The molecule has 2 aromatic rings. The van der Waals surface area contributed by atoms with E-state index in [-0.39, 0.29) is 11.5 Å². The fraction of sp³-hybridized carbons (Fsp3) is 0.111. The van der Waals surface area contributed by atoms with Crippen LogP contribution in [-0.2, 0) is 6.54 Å². The lowest BCUT2D eigenvalue weighted by atomic mass is 10.2. The quantitative estimate of drug-likeness (QED) is 0.759. The molecule has 0 fully saturated rings. The maximum absolute atomic E-state index is 12.6. The maximum atomic E-state index is 12.6. The zero-order valence-corrected chi connectivity index (χ0v) is 8.47. The minimum atomic E-state index is -0.302. The molecule has 0 saturated heterocycles. The second-order valence-corrected chi connectivity index (χ2v) is 3.46. The minimum Gasteiger partial charge on any atom is -0.272 e. The van der Waals surface area contributed by atoms with Crippen LogP contribution in [0.4, 0.5) is 4.39 Å². The molecular weight excluding hydrogens is 217 g/mol. The normalized spacial score (nSPS) is 10.5. The van der Waals surface area contributed by atoms with Gasteiger partial charge in [-0.15, -0.1) is 0 Å². The maximum Gasteiger partial charge on any atom is 0.342 e. The van der Waals surface area contributed by atoms with Crippen molar-refractivity contribution in [2.24, 2.45) is 0 Å².